The first-order chi connectivity index (χ1) is 7.88. The Morgan fingerprint density at radius 1 is 1.24 bits per heavy atom. The van der Waals surface area contributed by atoms with Crippen molar-refractivity contribution in [1.82, 2.24) is 4.90 Å². The molecule has 4 nitrogen and oxygen atoms in total. The third kappa shape index (κ3) is 2.58. The van der Waals surface area contributed by atoms with E-state index >= 15 is 0 Å². The molecule has 6 heteroatoms. The number of hydrogen-bond acceptors (Lipinski definition) is 2. The Bertz CT molecular complexity index is 474. The van der Waals surface area contributed by atoms with Crippen molar-refractivity contribution in [2.24, 2.45) is 0 Å². The zero-order valence-corrected chi connectivity index (χ0v) is 9.33. The summed E-state index contributed by atoms with van der Waals surface area (Å²) >= 11 is 0. The molecule has 0 aliphatic rings. The monoisotopic (exact) mass is 243 g/mol. The first-order valence-electron chi connectivity index (χ1n) is 4.86. The number of carbonyl (C=O) groups is 2. The lowest BCUT2D eigenvalue weighted by atomic mass is 10.1. The second-order valence-electron chi connectivity index (χ2n) is 3.44. The van der Waals surface area contributed by atoms with Gasteiger partial charge in [0.05, 0.1) is 11.1 Å². The number of carbonyl (C=O) groups excluding carboxylic acids is 1. The number of benzene rings is 1. The quantitative estimate of drug-likeness (QED) is 0.879. The average Bonchev–Trinajstić information content (AvgIpc) is 2.29. The number of carboxylic acids is 1. The molecule has 1 aromatic rings. The van der Waals surface area contributed by atoms with Crippen molar-refractivity contribution in [3.63, 3.8) is 0 Å². The number of halogens is 2. The van der Waals surface area contributed by atoms with Gasteiger partial charge in [0.1, 0.15) is 0 Å². The smallest absolute Gasteiger partial charge is 0.336 e. The van der Waals surface area contributed by atoms with Crippen LogP contribution in [0.2, 0.25) is 0 Å². The molecule has 1 N–H and O–H groups in total. The van der Waals surface area contributed by atoms with E-state index in [2.05, 4.69) is 0 Å². The molecular weight excluding hydrogens is 232 g/mol. The zero-order chi connectivity index (χ0) is 13.2. The minimum Gasteiger partial charge on any atom is -0.478 e. The van der Waals surface area contributed by atoms with Crippen molar-refractivity contribution in [2.45, 2.75) is 6.92 Å². The number of rotatable bonds is 3. The SMILES string of the molecule is CCN(C)C(=O)c1cc(F)c(F)cc1C(=O)O. The van der Waals surface area contributed by atoms with Crippen molar-refractivity contribution >= 4 is 11.9 Å². The van der Waals surface area contributed by atoms with Crippen molar-refractivity contribution in [3.8, 4) is 0 Å². The molecule has 0 radical (unpaired) electrons. The molecule has 0 heterocycles. The summed E-state index contributed by atoms with van der Waals surface area (Å²) < 4.78 is 25.9. The van der Waals surface area contributed by atoms with Gasteiger partial charge in [0.25, 0.3) is 5.91 Å². The van der Waals surface area contributed by atoms with Crippen LogP contribution in [0.15, 0.2) is 12.1 Å². The van der Waals surface area contributed by atoms with E-state index in [1.165, 1.54) is 11.9 Å². The lowest BCUT2D eigenvalue weighted by Crippen LogP contribution is -2.28. The van der Waals surface area contributed by atoms with Gasteiger partial charge in [-0.2, -0.15) is 0 Å². The molecule has 1 aromatic carbocycles. The topological polar surface area (TPSA) is 57.6 Å². The van der Waals surface area contributed by atoms with Crippen LogP contribution in [0.3, 0.4) is 0 Å². The first kappa shape index (κ1) is 13.1. The van der Waals surface area contributed by atoms with Gasteiger partial charge in [-0.15, -0.1) is 0 Å². The molecule has 0 saturated heterocycles. The summed E-state index contributed by atoms with van der Waals surface area (Å²) in [5, 5.41) is 8.82. The van der Waals surface area contributed by atoms with Crippen LogP contribution in [0.1, 0.15) is 27.6 Å². The largest absolute Gasteiger partial charge is 0.478 e. The summed E-state index contributed by atoms with van der Waals surface area (Å²) in [7, 11) is 1.44. The standard InChI is InChI=1S/C11H11F2NO3/c1-3-14(2)10(15)6-4-8(12)9(13)5-7(6)11(16)17/h4-5H,3H2,1-2H3,(H,16,17). The van der Waals surface area contributed by atoms with Gasteiger partial charge in [0.2, 0.25) is 0 Å². The average molecular weight is 243 g/mol. The highest BCUT2D eigenvalue weighted by molar-refractivity contribution is 6.04. The van der Waals surface area contributed by atoms with Gasteiger partial charge in [0, 0.05) is 13.6 Å². The molecule has 0 unspecified atom stereocenters. The summed E-state index contributed by atoms with van der Waals surface area (Å²) in [5.74, 6) is -4.68. The van der Waals surface area contributed by atoms with Crippen LogP contribution in [0.4, 0.5) is 8.78 Å². The summed E-state index contributed by atoms with van der Waals surface area (Å²) in [6.45, 7) is 2.01. The lowest BCUT2D eigenvalue weighted by Gasteiger charge is -2.16. The molecule has 1 amide bonds. The Morgan fingerprint density at radius 2 is 1.71 bits per heavy atom. The molecule has 92 valence electrons. The second kappa shape index (κ2) is 4.90. The van der Waals surface area contributed by atoms with E-state index in [9.17, 15) is 18.4 Å². The van der Waals surface area contributed by atoms with Crippen molar-refractivity contribution in [2.75, 3.05) is 13.6 Å². The third-order valence-corrected chi connectivity index (χ3v) is 2.34. The predicted octanol–water partition coefficient (Wildman–Crippen LogP) is 1.75. The molecule has 0 spiro atoms. The van der Waals surface area contributed by atoms with Crippen LogP contribution in [-0.4, -0.2) is 35.5 Å². The van der Waals surface area contributed by atoms with E-state index in [0.717, 1.165) is 0 Å². The Hall–Kier alpha value is -1.98. The van der Waals surface area contributed by atoms with Crippen molar-refractivity contribution in [1.29, 1.82) is 0 Å². The fourth-order valence-electron chi connectivity index (χ4n) is 1.25. The maximum Gasteiger partial charge on any atom is 0.336 e. The number of amides is 1. The minimum atomic E-state index is -1.48. The summed E-state index contributed by atoms with van der Waals surface area (Å²) in [6, 6.07) is 1.11. The van der Waals surface area contributed by atoms with Gasteiger partial charge in [-0.25, -0.2) is 13.6 Å². The summed E-state index contributed by atoms with van der Waals surface area (Å²) in [4.78, 5) is 23.8. The predicted molar refractivity (Wildman–Crippen MR) is 56.0 cm³/mol. The second-order valence-corrected chi connectivity index (χ2v) is 3.44. The highest BCUT2D eigenvalue weighted by Gasteiger charge is 2.22. The Labute approximate surface area is 96.5 Å². The fourth-order valence-corrected chi connectivity index (χ4v) is 1.25. The molecule has 0 aliphatic carbocycles. The molecule has 1 rings (SSSR count). The van der Waals surface area contributed by atoms with Crippen molar-refractivity contribution < 1.29 is 23.5 Å². The minimum absolute atomic E-state index is 0.330. The number of hydrogen-bond donors (Lipinski definition) is 1. The van der Waals surface area contributed by atoms with Crippen LogP contribution < -0.4 is 0 Å². The summed E-state index contributed by atoms with van der Waals surface area (Å²) in [6.07, 6.45) is 0. The van der Waals surface area contributed by atoms with Crippen LogP contribution >= 0.6 is 0 Å². The maximum atomic E-state index is 13.0. The van der Waals surface area contributed by atoms with Crippen LogP contribution in [0.5, 0.6) is 0 Å². The van der Waals surface area contributed by atoms with E-state index in [1.54, 1.807) is 6.92 Å². The van der Waals surface area contributed by atoms with Crippen molar-refractivity contribution in [3.05, 3.63) is 34.9 Å². The molecule has 17 heavy (non-hydrogen) atoms. The molecular formula is C11H11F2NO3. The van der Waals surface area contributed by atoms with Gasteiger partial charge in [-0.05, 0) is 19.1 Å². The number of aromatic carboxylic acids is 1. The third-order valence-electron chi connectivity index (χ3n) is 2.34. The molecule has 0 aromatic heterocycles. The van der Waals surface area contributed by atoms with Gasteiger partial charge >= 0.3 is 5.97 Å². The molecule has 0 bridgehead atoms. The Kier molecular flexibility index (Phi) is 3.77. The number of carboxylic acid groups (broad SMARTS) is 1. The first-order valence-corrected chi connectivity index (χ1v) is 4.86. The van der Waals surface area contributed by atoms with Crippen LogP contribution in [-0.2, 0) is 0 Å². The maximum absolute atomic E-state index is 13.0. The van der Waals surface area contributed by atoms with E-state index in [0.29, 0.717) is 18.7 Å². The van der Waals surface area contributed by atoms with Gasteiger partial charge in [0.15, 0.2) is 11.6 Å². The fraction of sp³-hybridized carbons (Fsp3) is 0.273. The molecule has 0 saturated carbocycles. The van der Waals surface area contributed by atoms with E-state index in [1.807, 2.05) is 0 Å². The molecule has 0 atom stereocenters. The van der Waals surface area contributed by atoms with Gasteiger partial charge < -0.3 is 10.0 Å². The normalized spacial score (nSPS) is 10.1. The van der Waals surface area contributed by atoms with Crippen LogP contribution in [0.25, 0.3) is 0 Å². The zero-order valence-electron chi connectivity index (χ0n) is 9.33. The molecule has 0 aliphatic heterocycles. The lowest BCUT2D eigenvalue weighted by molar-refractivity contribution is 0.0681. The van der Waals surface area contributed by atoms with E-state index in [4.69, 9.17) is 5.11 Å². The van der Waals surface area contributed by atoms with Gasteiger partial charge in [-0.3, -0.25) is 4.79 Å². The Morgan fingerprint density at radius 3 is 2.12 bits per heavy atom. The van der Waals surface area contributed by atoms with Crippen LogP contribution in [0, 0.1) is 11.6 Å². The molecule has 0 fully saturated rings. The highest BCUT2D eigenvalue weighted by atomic mass is 19.2. The van der Waals surface area contributed by atoms with E-state index in [-0.39, 0.29) is 5.56 Å². The van der Waals surface area contributed by atoms with Gasteiger partial charge in [-0.1, -0.05) is 0 Å². The highest BCUT2D eigenvalue weighted by Crippen LogP contribution is 2.17. The number of nitrogens with zero attached hydrogens (tertiary/aromatic N) is 1. The summed E-state index contributed by atoms with van der Waals surface area (Å²) in [5.41, 5.74) is -0.907. The Balaban J connectivity index is 3.36. The van der Waals surface area contributed by atoms with E-state index < -0.39 is 29.1 Å².